The van der Waals surface area contributed by atoms with Crippen LogP contribution in [-0.4, -0.2) is 58.6 Å². The third kappa shape index (κ3) is 5.52. The fourth-order valence-electron chi connectivity index (χ4n) is 5.47. The summed E-state index contributed by atoms with van der Waals surface area (Å²) in [7, 11) is 1.51. The molecular formula is C32H28N6O6. The maximum Gasteiger partial charge on any atom is 0.328 e. The van der Waals surface area contributed by atoms with E-state index in [2.05, 4.69) is 16.0 Å². The minimum atomic E-state index is -0.503. The average molecular weight is 593 g/mol. The van der Waals surface area contributed by atoms with Crippen molar-refractivity contribution in [2.24, 2.45) is 0 Å². The molecule has 0 bridgehead atoms. The number of urea groups is 1. The molecule has 0 aromatic heterocycles. The van der Waals surface area contributed by atoms with Gasteiger partial charge in [-0.15, -0.1) is 0 Å². The number of carbonyl (C=O) groups excluding carboxylic acids is 4. The minimum Gasteiger partial charge on any atom is -0.354 e. The van der Waals surface area contributed by atoms with Gasteiger partial charge in [-0.3, -0.25) is 34.7 Å². The Hall–Kier alpha value is -5.78. The highest BCUT2D eigenvalue weighted by Crippen LogP contribution is 2.39. The fourth-order valence-corrected chi connectivity index (χ4v) is 5.47. The number of fused-ring (bicyclic) bond motifs is 1. The number of amides is 5. The Bertz CT molecular complexity index is 1780. The molecule has 3 aromatic rings. The van der Waals surface area contributed by atoms with Gasteiger partial charge < -0.3 is 15.5 Å². The van der Waals surface area contributed by atoms with Crippen molar-refractivity contribution in [1.29, 1.82) is 0 Å². The van der Waals surface area contributed by atoms with Gasteiger partial charge in [-0.2, -0.15) is 0 Å². The largest absolute Gasteiger partial charge is 0.354 e. The molecule has 12 heteroatoms. The molecule has 0 unspecified atom stereocenters. The molecule has 44 heavy (non-hydrogen) atoms. The Morgan fingerprint density at radius 2 is 1.73 bits per heavy atom. The van der Waals surface area contributed by atoms with E-state index >= 15 is 0 Å². The van der Waals surface area contributed by atoms with Crippen molar-refractivity contribution >= 4 is 58.2 Å². The zero-order chi connectivity index (χ0) is 31.0. The van der Waals surface area contributed by atoms with Gasteiger partial charge >= 0.3 is 6.03 Å². The van der Waals surface area contributed by atoms with Crippen molar-refractivity contribution in [1.82, 2.24) is 15.1 Å². The van der Waals surface area contributed by atoms with Crippen LogP contribution in [0.4, 0.5) is 21.9 Å². The number of rotatable bonds is 8. The predicted molar refractivity (Wildman–Crippen MR) is 164 cm³/mol. The molecule has 0 aliphatic carbocycles. The number of likely N-dealkylation sites (tertiary alicyclic amines) is 1. The molecule has 3 aromatic carbocycles. The molecule has 0 atom stereocenters. The number of nitro groups is 1. The summed E-state index contributed by atoms with van der Waals surface area (Å²) >= 11 is 0. The first kappa shape index (κ1) is 28.3. The van der Waals surface area contributed by atoms with E-state index in [1.165, 1.54) is 30.1 Å². The van der Waals surface area contributed by atoms with Crippen LogP contribution < -0.4 is 16.0 Å². The summed E-state index contributed by atoms with van der Waals surface area (Å²) in [4.78, 5) is 63.3. The molecule has 0 saturated carbocycles. The first-order chi connectivity index (χ1) is 21.2. The lowest BCUT2D eigenvalue weighted by Gasteiger charge is -2.17. The Kier molecular flexibility index (Phi) is 7.39. The van der Waals surface area contributed by atoms with Crippen LogP contribution in [0, 0.1) is 10.1 Å². The predicted octanol–water partition coefficient (Wildman–Crippen LogP) is 4.21. The van der Waals surface area contributed by atoms with Crippen molar-refractivity contribution in [3.8, 4) is 0 Å². The number of hydrogen-bond acceptors (Lipinski definition) is 7. The number of nitrogens with one attached hydrogen (secondary N) is 3. The molecule has 3 N–H and O–H groups in total. The molecule has 0 radical (unpaired) electrons. The highest BCUT2D eigenvalue weighted by molar-refractivity contribution is 6.37. The van der Waals surface area contributed by atoms with Gasteiger partial charge in [0, 0.05) is 55.6 Å². The van der Waals surface area contributed by atoms with Crippen LogP contribution in [0.25, 0.3) is 17.3 Å². The van der Waals surface area contributed by atoms with Crippen LogP contribution in [0.3, 0.4) is 0 Å². The summed E-state index contributed by atoms with van der Waals surface area (Å²) < 4.78 is 0. The molecule has 3 heterocycles. The van der Waals surface area contributed by atoms with E-state index in [9.17, 15) is 29.3 Å². The zero-order valence-corrected chi connectivity index (χ0v) is 23.8. The van der Waals surface area contributed by atoms with Gasteiger partial charge in [0.05, 0.1) is 16.2 Å². The smallest absolute Gasteiger partial charge is 0.328 e. The van der Waals surface area contributed by atoms with E-state index in [1.807, 2.05) is 29.2 Å². The van der Waals surface area contributed by atoms with Crippen LogP contribution in [0.2, 0.25) is 0 Å². The lowest BCUT2D eigenvalue weighted by Crippen LogP contribution is -2.26. The second-order valence-corrected chi connectivity index (χ2v) is 10.7. The van der Waals surface area contributed by atoms with E-state index in [0.717, 1.165) is 18.5 Å². The number of benzene rings is 3. The number of nitro benzene ring substituents is 1. The zero-order valence-electron chi connectivity index (χ0n) is 23.8. The Morgan fingerprint density at radius 3 is 2.36 bits per heavy atom. The summed E-state index contributed by atoms with van der Waals surface area (Å²) in [5, 5.41) is 19.9. The summed E-state index contributed by atoms with van der Waals surface area (Å²) in [5.74, 6) is -0.713. The molecule has 2 fully saturated rings. The second-order valence-electron chi connectivity index (χ2n) is 10.7. The SMILES string of the molecule is CN1C(=O)NC(=O)/C1=C/c1ccc(N/C(=C2\C(=O)Nc3ccc([N+](=O)[O-])cc32)c2ccc(CCN3CCCC3=O)cc2)cc1. The second kappa shape index (κ2) is 11.5. The van der Waals surface area contributed by atoms with Crippen molar-refractivity contribution in [3.63, 3.8) is 0 Å². The summed E-state index contributed by atoms with van der Waals surface area (Å²) in [5.41, 5.74) is 4.68. The molecule has 3 aliphatic rings. The number of imide groups is 1. The van der Waals surface area contributed by atoms with E-state index in [1.54, 1.807) is 30.3 Å². The Labute approximate surface area is 252 Å². The van der Waals surface area contributed by atoms with Crippen LogP contribution in [0.15, 0.2) is 72.4 Å². The van der Waals surface area contributed by atoms with Crippen molar-refractivity contribution in [2.45, 2.75) is 19.3 Å². The van der Waals surface area contributed by atoms with Crippen molar-refractivity contribution in [2.75, 3.05) is 30.8 Å². The van der Waals surface area contributed by atoms with Crippen molar-refractivity contribution in [3.05, 3.63) is 105 Å². The lowest BCUT2D eigenvalue weighted by molar-refractivity contribution is -0.384. The molecule has 0 spiro atoms. The third-order valence-corrected chi connectivity index (χ3v) is 7.90. The van der Waals surface area contributed by atoms with E-state index < -0.39 is 22.8 Å². The number of carbonyl (C=O) groups is 4. The van der Waals surface area contributed by atoms with Crippen LogP contribution in [-0.2, 0) is 20.8 Å². The maximum absolute atomic E-state index is 13.3. The number of hydrogen-bond donors (Lipinski definition) is 3. The normalized spacial score (nSPS) is 18.1. The van der Waals surface area contributed by atoms with Crippen LogP contribution in [0.5, 0.6) is 0 Å². The Balaban J connectivity index is 1.34. The lowest BCUT2D eigenvalue weighted by atomic mass is 9.98. The number of nitrogens with zero attached hydrogens (tertiary/aromatic N) is 3. The number of likely N-dealkylation sites (N-methyl/N-ethyl adjacent to an activating group) is 1. The van der Waals surface area contributed by atoms with Gasteiger partial charge in [0.2, 0.25) is 5.91 Å². The fraction of sp³-hybridized carbons (Fsp3) is 0.188. The minimum absolute atomic E-state index is 0.138. The molecule has 5 amide bonds. The monoisotopic (exact) mass is 592 g/mol. The van der Waals surface area contributed by atoms with E-state index in [0.29, 0.717) is 53.1 Å². The summed E-state index contributed by atoms with van der Waals surface area (Å²) in [6.45, 7) is 1.41. The molecule has 2 saturated heterocycles. The first-order valence-electron chi connectivity index (χ1n) is 14.1. The van der Waals surface area contributed by atoms with E-state index in [-0.39, 0.29) is 22.9 Å². The molecule has 6 rings (SSSR count). The van der Waals surface area contributed by atoms with Gasteiger partial charge in [0.15, 0.2) is 0 Å². The summed E-state index contributed by atoms with van der Waals surface area (Å²) in [6, 6.07) is 18.4. The van der Waals surface area contributed by atoms with Gasteiger partial charge in [0.25, 0.3) is 17.5 Å². The topological polar surface area (TPSA) is 154 Å². The standard InChI is InChI=1S/C32H28N6O6/c1-36-26(30(40)35-32(36)42)17-20-6-10-22(11-7-20)33-29(28-24-18-23(38(43)44)12-13-25(24)34-31(28)41)21-8-4-19(5-9-21)14-16-37-15-2-3-27(37)39/h4-13,17-18,33H,2-3,14-16H2,1H3,(H,34,41)(H,35,40,42)/b26-17-,29-28-. The van der Waals surface area contributed by atoms with Gasteiger partial charge in [0.1, 0.15) is 5.70 Å². The summed E-state index contributed by atoms with van der Waals surface area (Å²) in [6.07, 6.45) is 3.76. The van der Waals surface area contributed by atoms with Crippen LogP contribution >= 0.6 is 0 Å². The third-order valence-electron chi connectivity index (χ3n) is 7.90. The average Bonchev–Trinajstić information content (AvgIpc) is 3.65. The van der Waals surface area contributed by atoms with Crippen molar-refractivity contribution < 1.29 is 24.1 Å². The number of non-ortho nitro benzene ring substituents is 1. The highest BCUT2D eigenvalue weighted by Gasteiger charge is 2.31. The molecule has 12 nitrogen and oxygen atoms in total. The first-order valence-corrected chi connectivity index (χ1v) is 14.1. The quantitative estimate of drug-likeness (QED) is 0.153. The molecular weight excluding hydrogens is 564 g/mol. The molecule has 222 valence electrons. The van der Waals surface area contributed by atoms with E-state index in [4.69, 9.17) is 0 Å². The highest BCUT2D eigenvalue weighted by atomic mass is 16.6. The van der Waals surface area contributed by atoms with Gasteiger partial charge in [-0.05, 0) is 53.8 Å². The maximum atomic E-state index is 13.3. The van der Waals surface area contributed by atoms with Crippen LogP contribution in [0.1, 0.15) is 35.1 Å². The van der Waals surface area contributed by atoms with Gasteiger partial charge in [-0.1, -0.05) is 36.4 Å². The number of anilines is 2. The van der Waals surface area contributed by atoms with Gasteiger partial charge in [-0.25, -0.2) is 4.79 Å². The Morgan fingerprint density at radius 1 is 0.977 bits per heavy atom. The molecule has 3 aliphatic heterocycles.